The summed E-state index contributed by atoms with van der Waals surface area (Å²) in [7, 11) is 0. The Morgan fingerprint density at radius 3 is 2.63 bits per heavy atom. The molecular weight excluding hydrogens is 373 g/mol. The van der Waals surface area contributed by atoms with Crippen molar-refractivity contribution in [2.45, 2.75) is 19.4 Å². The van der Waals surface area contributed by atoms with E-state index in [0.717, 1.165) is 11.8 Å². The molecule has 0 spiro atoms. The standard InChI is InChI=1S/C19H19ClFN3O3/c1-2-27-19(26)23-17(11-13-7-4-3-5-8-13)18(25)24-22-12-14-15(20)9-6-10-16(14)21/h3-10,12,17H,2,11H2,1H3,(H,23,26)(H,24,25)/b22-12-/t17-/m0/s1. The molecule has 0 bridgehead atoms. The number of benzene rings is 2. The van der Waals surface area contributed by atoms with Crippen LogP contribution >= 0.6 is 11.6 Å². The third kappa shape index (κ3) is 6.38. The number of amides is 2. The number of hydrazone groups is 1. The summed E-state index contributed by atoms with van der Waals surface area (Å²) in [4.78, 5) is 24.1. The van der Waals surface area contributed by atoms with Gasteiger partial charge < -0.3 is 10.1 Å². The maximum absolute atomic E-state index is 13.7. The predicted molar refractivity (Wildman–Crippen MR) is 101 cm³/mol. The van der Waals surface area contributed by atoms with Crippen LogP contribution in [0.25, 0.3) is 0 Å². The Balaban J connectivity index is 2.08. The lowest BCUT2D eigenvalue weighted by molar-refractivity contribution is -0.123. The second-order valence-electron chi connectivity index (χ2n) is 5.48. The molecule has 2 amide bonds. The predicted octanol–water partition coefficient (Wildman–Crippen LogP) is 3.29. The third-order valence-corrected chi connectivity index (χ3v) is 3.86. The number of ether oxygens (including phenoxy) is 1. The molecule has 0 saturated carbocycles. The summed E-state index contributed by atoms with van der Waals surface area (Å²) in [5.41, 5.74) is 3.18. The number of hydrogen-bond acceptors (Lipinski definition) is 4. The quantitative estimate of drug-likeness (QED) is 0.561. The molecule has 0 aromatic heterocycles. The number of halogens is 2. The number of alkyl carbamates (subject to hydrolysis) is 1. The van der Waals surface area contributed by atoms with Crippen molar-refractivity contribution in [1.82, 2.24) is 10.7 Å². The summed E-state index contributed by atoms with van der Waals surface area (Å²) in [6.45, 7) is 1.84. The van der Waals surface area contributed by atoms with E-state index in [1.165, 1.54) is 18.2 Å². The summed E-state index contributed by atoms with van der Waals surface area (Å²) in [6.07, 6.45) is 0.635. The number of nitrogens with one attached hydrogen (secondary N) is 2. The average molecular weight is 392 g/mol. The van der Waals surface area contributed by atoms with E-state index in [9.17, 15) is 14.0 Å². The monoisotopic (exact) mass is 391 g/mol. The summed E-state index contributed by atoms with van der Waals surface area (Å²) in [5.74, 6) is -1.14. The highest BCUT2D eigenvalue weighted by Gasteiger charge is 2.21. The number of carbonyl (C=O) groups is 2. The molecule has 142 valence electrons. The van der Waals surface area contributed by atoms with Crippen LogP contribution in [0.2, 0.25) is 5.02 Å². The molecule has 6 nitrogen and oxygen atoms in total. The highest BCUT2D eigenvalue weighted by Crippen LogP contribution is 2.16. The lowest BCUT2D eigenvalue weighted by Crippen LogP contribution is -2.47. The Labute approximate surface area is 161 Å². The number of rotatable bonds is 7. The van der Waals surface area contributed by atoms with Crippen molar-refractivity contribution in [1.29, 1.82) is 0 Å². The number of nitrogens with zero attached hydrogens (tertiary/aromatic N) is 1. The van der Waals surface area contributed by atoms with Crippen LogP contribution in [-0.2, 0) is 16.0 Å². The third-order valence-electron chi connectivity index (χ3n) is 3.53. The normalized spacial score (nSPS) is 11.8. The lowest BCUT2D eigenvalue weighted by atomic mass is 10.1. The van der Waals surface area contributed by atoms with Gasteiger partial charge in [0.05, 0.1) is 17.8 Å². The average Bonchev–Trinajstić information content (AvgIpc) is 2.64. The van der Waals surface area contributed by atoms with Crippen LogP contribution in [0.3, 0.4) is 0 Å². The summed E-state index contributed by atoms with van der Waals surface area (Å²) in [6, 6.07) is 12.4. The molecule has 2 rings (SSSR count). The highest BCUT2D eigenvalue weighted by atomic mass is 35.5. The Kier molecular flexibility index (Phi) is 7.76. The summed E-state index contributed by atoms with van der Waals surface area (Å²) >= 11 is 5.90. The van der Waals surface area contributed by atoms with Crippen molar-refractivity contribution in [3.8, 4) is 0 Å². The Morgan fingerprint density at radius 1 is 1.22 bits per heavy atom. The molecule has 8 heteroatoms. The van der Waals surface area contributed by atoms with Crippen molar-refractivity contribution < 1.29 is 18.7 Å². The molecule has 0 radical (unpaired) electrons. The zero-order valence-electron chi connectivity index (χ0n) is 14.6. The lowest BCUT2D eigenvalue weighted by Gasteiger charge is -2.16. The Bertz CT molecular complexity index is 795. The van der Waals surface area contributed by atoms with E-state index in [4.69, 9.17) is 16.3 Å². The second-order valence-corrected chi connectivity index (χ2v) is 5.88. The van der Waals surface area contributed by atoms with E-state index in [0.29, 0.717) is 0 Å². The summed E-state index contributed by atoms with van der Waals surface area (Å²) < 4.78 is 18.5. The summed E-state index contributed by atoms with van der Waals surface area (Å²) in [5, 5.41) is 6.39. The zero-order valence-corrected chi connectivity index (χ0v) is 15.4. The minimum Gasteiger partial charge on any atom is -0.450 e. The molecule has 0 fully saturated rings. The van der Waals surface area contributed by atoms with Crippen molar-refractivity contribution in [2.24, 2.45) is 5.10 Å². The molecule has 1 atom stereocenters. The first-order valence-electron chi connectivity index (χ1n) is 8.25. The van der Waals surface area contributed by atoms with Gasteiger partial charge in [-0.25, -0.2) is 14.6 Å². The van der Waals surface area contributed by atoms with Gasteiger partial charge in [0, 0.05) is 12.0 Å². The fourth-order valence-electron chi connectivity index (χ4n) is 2.25. The van der Waals surface area contributed by atoms with Gasteiger partial charge in [-0.2, -0.15) is 5.10 Å². The van der Waals surface area contributed by atoms with Gasteiger partial charge in [-0.15, -0.1) is 0 Å². The molecule has 0 unspecified atom stereocenters. The van der Waals surface area contributed by atoms with Gasteiger partial charge in [0.1, 0.15) is 11.9 Å². The fourth-order valence-corrected chi connectivity index (χ4v) is 2.46. The second kappa shape index (κ2) is 10.3. The minimum absolute atomic E-state index is 0.0532. The first-order chi connectivity index (χ1) is 13.0. The van der Waals surface area contributed by atoms with E-state index < -0.39 is 23.9 Å². The minimum atomic E-state index is -0.917. The van der Waals surface area contributed by atoms with Crippen molar-refractivity contribution in [2.75, 3.05) is 6.61 Å². The SMILES string of the molecule is CCOC(=O)N[C@@H](Cc1ccccc1)C(=O)N/N=C\c1c(F)cccc1Cl. The van der Waals surface area contributed by atoms with Gasteiger partial charge in [0.15, 0.2) is 0 Å². The number of carbonyl (C=O) groups excluding carboxylic acids is 2. The molecule has 0 heterocycles. The fraction of sp³-hybridized carbons (Fsp3) is 0.211. The van der Waals surface area contributed by atoms with Gasteiger partial charge in [-0.3, -0.25) is 4.79 Å². The highest BCUT2D eigenvalue weighted by molar-refractivity contribution is 6.33. The molecule has 27 heavy (non-hydrogen) atoms. The molecule has 0 aliphatic heterocycles. The zero-order chi connectivity index (χ0) is 19.6. The molecule has 2 aromatic rings. The van der Waals surface area contributed by atoms with E-state index >= 15 is 0 Å². The molecule has 0 saturated heterocycles. The van der Waals surface area contributed by atoms with Gasteiger partial charge in [-0.05, 0) is 24.6 Å². The van der Waals surface area contributed by atoms with Crippen molar-refractivity contribution in [3.05, 3.63) is 70.5 Å². The van der Waals surface area contributed by atoms with Crippen LogP contribution in [0.15, 0.2) is 53.6 Å². The molecular formula is C19H19ClFN3O3. The van der Waals surface area contributed by atoms with Crippen LogP contribution in [0.4, 0.5) is 9.18 Å². The van der Waals surface area contributed by atoms with Gasteiger partial charge in [-0.1, -0.05) is 48.0 Å². The van der Waals surface area contributed by atoms with E-state index in [1.807, 2.05) is 30.3 Å². The van der Waals surface area contributed by atoms with Crippen molar-refractivity contribution in [3.63, 3.8) is 0 Å². The maximum Gasteiger partial charge on any atom is 0.407 e. The Hall–Kier alpha value is -2.93. The Morgan fingerprint density at radius 2 is 1.96 bits per heavy atom. The maximum atomic E-state index is 13.7. The van der Waals surface area contributed by atoms with Crippen LogP contribution in [0, 0.1) is 5.82 Å². The van der Waals surface area contributed by atoms with Crippen LogP contribution < -0.4 is 10.7 Å². The van der Waals surface area contributed by atoms with E-state index in [-0.39, 0.29) is 23.6 Å². The first kappa shape index (κ1) is 20.4. The van der Waals surface area contributed by atoms with E-state index in [2.05, 4.69) is 15.8 Å². The molecule has 2 N–H and O–H groups in total. The topological polar surface area (TPSA) is 79.8 Å². The molecule has 0 aliphatic carbocycles. The van der Waals surface area contributed by atoms with Crippen LogP contribution in [0.1, 0.15) is 18.1 Å². The van der Waals surface area contributed by atoms with Gasteiger partial charge >= 0.3 is 6.09 Å². The van der Waals surface area contributed by atoms with Crippen LogP contribution in [0.5, 0.6) is 0 Å². The molecule has 2 aromatic carbocycles. The van der Waals surface area contributed by atoms with E-state index in [1.54, 1.807) is 6.92 Å². The van der Waals surface area contributed by atoms with Gasteiger partial charge in [0.2, 0.25) is 0 Å². The number of hydrogen-bond donors (Lipinski definition) is 2. The molecule has 0 aliphatic rings. The van der Waals surface area contributed by atoms with Crippen molar-refractivity contribution >= 4 is 29.8 Å². The first-order valence-corrected chi connectivity index (χ1v) is 8.63. The smallest absolute Gasteiger partial charge is 0.407 e. The van der Waals surface area contributed by atoms with Crippen LogP contribution in [-0.4, -0.2) is 30.9 Å². The van der Waals surface area contributed by atoms with Gasteiger partial charge in [0.25, 0.3) is 5.91 Å². The largest absolute Gasteiger partial charge is 0.450 e.